The summed E-state index contributed by atoms with van der Waals surface area (Å²) in [5, 5.41) is 7.24. The lowest BCUT2D eigenvalue weighted by molar-refractivity contribution is -0.116. The molecule has 0 aliphatic rings. The van der Waals surface area contributed by atoms with E-state index < -0.39 is 0 Å². The maximum Gasteiger partial charge on any atom is 0.226 e. The Hall–Kier alpha value is -2.31. The van der Waals surface area contributed by atoms with Gasteiger partial charge < -0.3 is 5.32 Å². The van der Waals surface area contributed by atoms with Crippen molar-refractivity contribution >= 4 is 39.5 Å². The number of nitrogens with one attached hydrogen (secondary N) is 1. The van der Waals surface area contributed by atoms with Crippen molar-refractivity contribution < 1.29 is 9.59 Å². The molecule has 0 aliphatic heterocycles. The van der Waals surface area contributed by atoms with Crippen LogP contribution in [0.4, 0.5) is 5.13 Å². The van der Waals surface area contributed by atoms with Crippen LogP contribution in [0.5, 0.6) is 0 Å². The zero-order chi connectivity index (χ0) is 17.8. The monoisotopic (exact) mass is 370 g/mol. The van der Waals surface area contributed by atoms with E-state index in [2.05, 4.69) is 10.3 Å². The van der Waals surface area contributed by atoms with Crippen molar-refractivity contribution in [3.05, 3.63) is 57.8 Å². The second kappa shape index (κ2) is 7.72. The van der Waals surface area contributed by atoms with E-state index in [4.69, 9.17) is 0 Å². The van der Waals surface area contributed by atoms with Crippen LogP contribution >= 0.6 is 22.7 Å². The molecule has 1 aromatic carbocycles. The molecule has 2 aromatic heterocycles. The Balaban J connectivity index is 1.54. The Bertz CT molecular complexity index is 898. The summed E-state index contributed by atoms with van der Waals surface area (Å²) in [6, 6.07) is 9.59. The fraction of sp³-hybridized carbons (Fsp3) is 0.211. The second-order valence-corrected chi connectivity index (χ2v) is 7.59. The van der Waals surface area contributed by atoms with Gasteiger partial charge >= 0.3 is 0 Å². The minimum Gasteiger partial charge on any atom is -0.302 e. The molecule has 6 heteroatoms. The number of ketones is 1. The predicted octanol–water partition coefficient (Wildman–Crippen LogP) is 5.09. The number of thiazole rings is 1. The average molecular weight is 370 g/mol. The standard InChI is InChI=1S/C19H18N2O2S2/c1-12-5-6-14(10-13(12)2)16(22)7-8-18(23)21-19-20-15(11-25-19)17-4-3-9-24-17/h3-6,9-11H,7-8H2,1-2H3,(H,20,21,23). The summed E-state index contributed by atoms with van der Waals surface area (Å²) in [5.41, 5.74) is 3.76. The number of aryl methyl sites for hydroxylation is 2. The number of rotatable bonds is 6. The first kappa shape index (κ1) is 17.5. The van der Waals surface area contributed by atoms with Crippen molar-refractivity contribution in [2.45, 2.75) is 26.7 Å². The number of benzene rings is 1. The molecular weight excluding hydrogens is 352 g/mol. The molecule has 2 heterocycles. The molecule has 0 aliphatic carbocycles. The largest absolute Gasteiger partial charge is 0.302 e. The summed E-state index contributed by atoms with van der Waals surface area (Å²) in [5.74, 6) is -0.207. The Morgan fingerprint density at radius 1 is 1.08 bits per heavy atom. The lowest BCUT2D eigenvalue weighted by Gasteiger charge is -2.05. The van der Waals surface area contributed by atoms with Gasteiger partial charge in [0, 0.05) is 23.8 Å². The third-order valence-electron chi connectivity index (χ3n) is 3.93. The molecule has 3 aromatic rings. The van der Waals surface area contributed by atoms with Gasteiger partial charge in [0.25, 0.3) is 0 Å². The number of carbonyl (C=O) groups excluding carboxylic acids is 2. The first-order valence-corrected chi connectivity index (χ1v) is 9.68. The van der Waals surface area contributed by atoms with Crippen LogP contribution in [0.3, 0.4) is 0 Å². The van der Waals surface area contributed by atoms with E-state index in [1.54, 1.807) is 11.3 Å². The van der Waals surface area contributed by atoms with Gasteiger partial charge in [-0.25, -0.2) is 4.98 Å². The number of hydrogen-bond acceptors (Lipinski definition) is 5. The van der Waals surface area contributed by atoms with Crippen LogP contribution in [-0.4, -0.2) is 16.7 Å². The summed E-state index contributed by atoms with van der Waals surface area (Å²) in [7, 11) is 0. The third-order valence-corrected chi connectivity index (χ3v) is 5.58. The second-order valence-electron chi connectivity index (χ2n) is 5.79. The van der Waals surface area contributed by atoms with Crippen LogP contribution in [0, 0.1) is 13.8 Å². The van der Waals surface area contributed by atoms with Crippen LogP contribution in [0.15, 0.2) is 41.1 Å². The molecule has 1 N–H and O–H groups in total. The maximum absolute atomic E-state index is 12.2. The number of amides is 1. The zero-order valence-electron chi connectivity index (χ0n) is 14.0. The van der Waals surface area contributed by atoms with Crippen molar-refractivity contribution in [2.24, 2.45) is 0 Å². The Morgan fingerprint density at radius 3 is 2.64 bits per heavy atom. The van der Waals surface area contributed by atoms with E-state index in [0.29, 0.717) is 10.7 Å². The van der Waals surface area contributed by atoms with E-state index in [9.17, 15) is 9.59 Å². The third kappa shape index (κ3) is 4.41. The maximum atomic E-state index is 12.2. The van der Waals surface area contributed by atoms with E-state index >= 15 is 0 Å². The van der Waals surface area contributed by atoms with Crippen molar-refractivity contribution in [1.82, 2.24) is 4.98 Å². The molecule has 0 unspecified atom stereocenters. The molecule has 0 fully saturated rings. The predicted molar refractivity (Wildman–Crippen MR) is 104 cm³/mol. The van der Waals surface area contributed by atoms with Gasteiger partial charge in [0.1, 0.15) is 0 Å². The van der Waals surface area contributed by atoms with Gasteiger partial charge in [-0.15, -0.1) is 22.7 Å². The van der Waals surface area contributed by atoms with E-state index in [-0.39, 0.29) is 24.5 Å². The minimum atomic E-state index is -0.190. The topological polar surface area (TPSA) is 59.1 Å². The molecule has 4 nitrogen and oxygen atoms in total. The SMILES string of the molecule is Cc1ccc(C(=O)CCC(=O)Nc2nc(-c3cccs3)cs2)cc1C. The van der Waals surface area contributed by atoms with Gasteiger partial charge in [-0.1, -0.05) is 18.2 Å². The highest BCUT2D eigenvalue weighted by molar-refractivity contribution is 7.16. The molecule has 0 saturated carbocycles. The number of nitrogens with zero attached hydrogens (tertiary/aromatic N) is 1. The molecule has 0 radical (unpaired) electrons. The van der Waals surface area contributed by atoms with Crippen molar-refractivity contribution in [3.8, 4) is 10.6 Å². The molecule has 128 valence electrons. The van der Waals surface area contributed by atoms with Gasteiger partial charge in [0.05, 0.1) is 10.6 Å². The van der Waals surface area contributed by atoms with Crippen molar-refractivity contribution in [2.75, 3.05) is 5.32 Å². The first-order chi connectivity index (χ1) is 12.0. The summed E-state index contributed by atoms with van der Waals surface area (Å²) in [6.45, 7) is 3.99. The molecule has 1 amide bonds. The van der Waals surface area contributed by atoms with Crippen LogP contribution in [0.1, 0.15) is 34.3 Å². The quantitative estimate of drug-likeness (QED) is 0.615. The Labute approximate surface area is 154 Å². The Morgan fingerprint density at radius 2 is 1.92 bits per heavy atom. The fourth-order valence-electron chi connectivity index (χ4n) is 2.34. The number of Topliss-reactive ketones (excluding diaryl/α,β-unsaturated/α-hetero) is 1. The smallest absolute Gasteiger partial charge is 0.226 e. The summed E-state index contributed by atoms with van der Waals surface area (Å²) in [4.78, 5) is 29.8. The molecular formula is C19H18N2O2S2. The highest BCUT2D eigenvalue weighted by Gasteiger charge is 2.12. The highest BCUT2D eigenvalue weighted by Crippen LogP contribution is 2.28. The van der Waals surface area contributed by atoms with Crippen LogP contribution in [0.25, 0.3) is 10.6 Å². The fourth-order valence-corrected chi connectivity index (χ4v) is 3.82. The molecule has 3 rings (SSSR count). The molecule has 0 spiro atoms. The van der Waals surface area contributed by atoms with E-state index in [1.807, 2.05) is 54.9 Å². The van der Waals surface area contributed by atoms with Crippen LogP contribution in [0.2, 0.25) is 0 Å². The lowest BCUT2D eigenvalue weighted by Crippen LogP contribution is -2.13. The summed E-state index contributed by atoms with van der Waals surface area (Å²) < 4.78 is 0. The molecule has 0 atom stereocenters. The molecule has 0 saturated heterocycles. The lowest BCUT2D eigenvalue weighted by atomic mass is 10.0. The van der Waals surface area contributed by atoms with Gasteiger partial charge in [-0.3, -0.25) is 9.59 Å². The number of anilines is 1. The van der Waals surface area contributed by atoms with Crippen LogP contribution < -0.4 is 5.32 Å². The summed E-state index contributed by atoms with van der Waals surface area (Å²) >= 11 is 3.00. The summed E-state index contributed by atoms with van der Waals surface area (Å²) in [6.07, 6.45) is 0.344. The molecule has 25 heavy (non-hydrogen) atoms. The van der Waals surface area contributed by atoms with Gasteiger partial charge in [-0.2, -0.15) is 0 Å². The average Bonchev–Trinajstić information content (AvgIpc) is 3.26. The zero-order valence-corrected chi connectivity index (χ0v) is 15.7. The van der Waals surface area contributed by atoms with E-state index in [0.717, 1.165) is 21.7 Å². The number of carbonyl (C=O) groups is 2. The number of hydrogen-bond donors (Lipinski definition) is 1. The van der Waals surface area contributed by atoms with Gasteiger partial charge in [0.15, 0.2) is 10.9 Å². The van der Waals surface area contributed by atoms with Crippen molar-refractivity contribution in [1.29, 1.82) is 0 Å². The molecule has 0 bridgehead atoms. The van der Waals surface area contributed by atoms with E-state index in [1.165, 1.54) is 11.3 Å². The Kier molecular flexibility index (Phi) is 5.40. The highest BCUT2D eigenvalue weighted by atomic mass is 32.1. The number of thiophene rings is 1. The van der Waals surface area contributed by atoms with Gasteiger partial charge in [0.2, 0.25) is 5.91 Å². The first-order valence-electron chi connectivity index (χ1n) is 7.92. The minimum absolute atomic E-state index is 0.0170. The van der Waals surface area contributed by atoms with Crippen LogP contribution in [-0.2, 0) is 4.79 Å². The normalized spacial score (nSPS) is 10.6. The van der Waals surface area contributed by atoms with Gasteiger partial charge in [-0.05, 0) is 42.5 Å². The van der Waals surface area contributed by atoms with Crippen molar-refractivity contribution in [3.63, 3.8) is 0 Å². The number of aromatic nitrogens is 1.